The zero-order valence-corrected chi connectivity index (χ0v) is 10.3. The highest BCUT2D eigenvalue weighted by Gasteiger charge is 2.19. The van der Waals surface area contributed by atoms with Gasteiger partial charge in [0.15, 0.2) is 0 Å². The van der Waals surface area contributed by atoms with Crippen molar-refractivity contribution in [3.63, 3.8) is 0 Å². The second-order valence-electron chi connectivity index (χ2n) is 3.47. The molecule has 0 saturated heterocycles. The summed E-state index contributed by atoms with van der Waals surface area (Å²) >= 11 is 3.39. The first-order valence-corrected chi connectivity index (χ1v) is 6.24. The van der Waals surface area contributed by atoms with E-state index < -0.39 is 0 Å². The third kappa shape index (κ3) is 3.10. The van der Waals surface area contributed by atoms with Gasteiger partial charge in [-0.1, -0.05) is 47.7 Å². The SMILES string of the molecule is C=CC1=C(/C=C\CBr)CC(NCC)C1. The number of halogens is 1. The van der Waals surface area contributed by atoms with Crippen molar-refractivity contribution in [2.75, 3.05) is 11.9 Å². The lowest BCUT2D eigenvalue weighted by Crippen LogP contribution is -2.26. The van der Waals surface area contributed by atoms with Gasteiger partial charge in [0, 0.05) is 11.4 Å². The summed E-state index contributed by atoms with van der Waals surface area (Å²) in [6, 6.07) is 0.614. The molecule has 78 valence electrons. The van der Waals surface area contributed by atoms with E-state index >= 15 is 0 Å². The van der Waals surface area contributed by atoms with E-state index in [1.807, 2.05) is 6.08 Å². The molecule has 1 aliphatic rings. The van der Waals surface area contributed by atoms with Crippen LogP contribution in [0.1, 0.15) is 19.8 Å². The molecule has 2 heteroatoms. The van der Waals surface area contributed by atoms with Crippen molar-refractivity contribution < 1.29 is 0 Å². The van der Waals surface area contributed by atoms with E-state index in [-0.39, 0.29) is 0 Å². The Kier molecular flexibility index (Phi) is 5.20. The van der Waals surface area contributed by atoms with Crippen LogP contribution in [-0.4, -0.2) is 17.9 Å². The fourth-order valence-corrected chi connectivity index (χ4v) is 2.06. The lowest BCUT2D eigenvalue weighted by Gasteiger charge is -2.09. The lowest BCUT2D eigenvalue weighted by atomic mass is 10.1. The second-order valence-corrected chi connectivity index (χ2v) is 4.12. The number of allylic oxidation sites excluding steroid dienone is 3. The number of alkyl halides is 1. The van der Waals surface area contributed by atoms with Crippen molar-refractivity contribution in [1.29, 1.82) is 0 Å². The Morgan fingerprint density at radius 1 is 1.50 bits per heavy atom. The van der Waals surface area contributed by atoms with Gasteiger partial charge in [0.05, 0.1) is 0 Å². The predicted octanol–water partition coefficient (Wildman–Crippen LogP) is 3.19. The molecule has 1 N–H and O–H groups in total. The summed E-state index contributed by atoms with van der Waals surface area (Å²) < 4.78 is 0. The molecule has 0 aromatic carbocycles. The maximum atomic E-state index is 3.86. The average Bonchev–Trinajstić information content (AvgIpc) is 2.58. The van der Waals surface area contributed by atoms with E-state index in [1.165, 1.54) is 11.1 Å². The van der Waals surface area contributed by atoms with Gasteiger partial charge in [-0.15, -0.1) is 0 Å². The summed E-state index contributed by atoms with van der Waals surface area (Å²) in [4.78, 5) is 0. The van der Waals surface area contributed by atoms with Crippen LogP contribution in [0, 0.1) is 0 Å². The van der Waals surface area contributed by atoms with Gasteiger partial charge in [0.1, 0.15) is 0 Å². The average molecular weight is 256 g/mol. The number of hydrogen-bond acceptors (Lipinski definition) is 1. The van der Waals surface area contributed by atoms with Crippen LogP contribution in [0.3, 0.4) is 0 Å². The fraction of sp³-hybridized carbons (Fsp3) is 0.500. The zero-order valence-electron chi connectivity index (χ0n) is 8.72. The Bertz CT molecular complexity index is 253. The first-order valence-electron chi connectivity index (χ1n) is 5.12. The quantitative estimate of drug-likeness (QED) is 0.745. The largest absolute Gasteiger partial charge is 0.314 e. The Balaban J connectivity index is 2.61. The van der Waals surface area contributed by atoms with Crippen molar-refractivity contribution in [2.24, 2.45) is 0 Å². The van der Waals surface area contributed by atoms with Crippen molar-refractivity contribution in [3.05, 3.63) is 36.0 Å². The number of nitrogens with one attached hydrogen (secondary N) is 1. The lowest BCUT2D eigenvalue weighted by molar-refractivity contribution is 0.551. The molecule has 0 spiro atoms. The smallest absolute Gasteiger partial charge is 0.0215 e. The van der Waals surface area contributed by atoms with E-state index in [9.17, 15) is 0 Å². The van der Waals surface area contributed by atoms with Crippen molar-refractivity contribution in [3.8, 4) is 0 Å². The zero-order chi connectivity index (χ0) is 10.4. The Morgan fingerprint density at radius 3 is 2.79 bits per heavy atom. The number of rotatable bonds is 5. The molecule has 1 nitrogen and oxygen atoms in total. The Labute approximate surface area is 95.1 Å². The summed E-state index contributed by atoms with van der Waals surface area (Å²) in [5.41, 5.74) is 2.83. The van der Waals surface area contributed by atoms with Crippen molar-refractivity contribution in [1.82, 2.24) is 5.32 Å². The van der Waals surface area contributed by atoms with Gasteiger partial charge < -0.3 is 5.32 Å². The molecule has 0 heterocycles. The number of hydrogen-bond donors (Lipinski definition) is 1. The Hall–Kier alpha value is -0.340. The molecule has 0 aromatic heterocycles. The molecule has 1 rings (SSSR count). The van der Waals surface area contributed by atoms with Crippen LogP contribution in [0.25, 0.3) is 0 Å². The molecule has 1 unspecified atom stereocenters. The molecular weight excluding hydrogens is 238 g/mol. The third-order valence-electron chi connectivity index (χ3n) is 2.49. The molecule has 0 fully saturated rings. The normalized spacial score (nSPS) is 22.3. The topological polar surface area (TPSA) is 12.0 Å². The van der Waals surface area contributed by atoms with Gasteiger partial charge in [-0.2, -0.15) is 0 Å². The van der Waals surface area contributed by atoms with E-state index in [0.717, 1.165) is 24.7 Å². The molecule has 1 aliphatic carbocycles. The highest BCUT2D eigenvalue weighted by Crippen LogP contribution is 2.28. The van der Waals surface area contributed by atoms with E-state index in [0.29, 0.717) is 6.04 Å². The van der Waals surface area contributed by atoms with Gasteiger partial charge in [-0.25, -0.2) is 0 Å². The van der Waals surface area contributed by atoms with Gasteiger partial charge in [0.25, 0.3) is 0 Å². The second kappa shape index (κ2) is 6.20. The molecule has 0 amide bonds. The molecule has 1 atom stereocenters. The van der Waals surface area contributed by atoms with Gasteiger partial charge in [0.2, 0.25) is 0 Å². The highest BCUT2D eigenvalue weighted by molar-refractivity contribution is 9.09. The van der Waals surface area contributed by atoms with Crippen LogP contribution in [-0.2, 0) is 0 Å². The van der Waals surface area contributed by atoms with Gasteiger partial charge >= 0.3 is 0 Å². The molecule has 0 saturated carbocycles. The minimum atomic E-state index is 0.614. The van der Waals surface area contributed by atoms with Crippen LogP contribution < -0.4 is 5.32 Å². The minimum absolute atomic E-state index is 0.614. The van der Waals surface area contributed by atoms with E-state index in [1.54, 1.807) is 0 Å². The minimum Gasteiger partial charge on any atom is -0.314 e. The summed E-state index contributed by atoms with van der Waals surface area (Å²) in [6.45, 7) is 7.06. The van der Waals surface area contributed by atoms with Crippen molar-refractivity contribution >= 4 is 15.9 Å². The van der Waals surface area contributed by atoms with E-state index in [4.69, 9.17) is 0 Å². The molecule has 0 aliphatic heterocycles. The molecule has 0 bridgehead atoms. The highest BCUT2D eigenvalue weighted by atomic mass is 79.9. The Morgan fingerprint density at radius 2 is 2.21 bits per heavy atom. The summed E-state index contributed by atoms with van der Waals surface area (Å²) in [5.74, 6) is 0. The van der Waals surface area contributed by atoms with Crippen LogP contribution in [0.15, 0.2) is 36.0 Å². The molecule has 0 aromatic rings. The molecule has 14 heavy (non-hydrogen) atoms. The molecular formula is C12H18BrN. The summed E-state index contributed by atoms with van der Waals surface area (Å²) in [7, 11) is 0. The summed E-state index contributed by atoms with van der Waals surface area (Å²) in [5, 5.41) is 4.40. The predicted molar refractivity (Wildman–Crippen MR) is 66.9 cm³/mol. The van der Waals surface area contributed by atoms with Gasteiger partial charge in [-0.05, 0) is 30.5 Å². The van der Waals surface area contributed by atoms with Crippen LogP contribution in [0.2, 0.25) is 0 Å². The van der Waals surface area contributed by atoms with Crippen LogP contribution in [0.5, 0.6) is 0 Å². The first-order chi connectivity index (χ1) is 6.81. The van der Waals surface area contributed by atoms with Crippen LogP contribution in [0.4, 0.5) is 0 Å². The van der Waals surface area contributed by atoms with Crippen molar-refractivity contribution in [2.45, 2.75) is 25.8 Å². The van der Waals surface area contributed by atoms with E-state index in [2.05, 4.69) is 46.9 Å². The standard InChI is InChI=1S/C12H18BrN/c1-3-10-8-12(14-4-2)9-11(10)6-5-7-13/h3,5-6,12,14H,1,4,7-9H2,2H3/b6-5-. The maximum Gasteiger partial charge on any atom is 0.0215 e. The fourth-order valence-electron chi connectivity index (χ4n) is 1.87. The third-order valence-corrected chi connectivity index (χ3v) is 2.87. The maximum absolute atomic E-state index is 3.86. The van der Waals surface area contributed by atoms with Crippen LogP contribution >= 0.6 is 15.9 Å². The van der Waals surface area contributed by atoms with Gasteiger partial charge in [-0.3, -0.25) is 0 Å². The molecule has 0 radical (unpaired) electrons. The monoisotopic (exact) mass is 255 g/mol. The first kappa shape index (κ1) is 11.7. The summed E-state index contributed by atoms with van der Waals surface area (Å²) in [6.07, 6.45) is 8.61.